The average Bonchev–Trinajstić information content (AvgIpc) is 2.67. The molecule has 0 spiro atoms. The second kappa shape index (κ2) is 5.38. The first-order valence-corrected chi connectivity index (χ1v) is 6.53. The smallest absolute Gasteiger partial charge is 0.0897 e. The van der Waals surface area contributed by atoms with Crippen molar-refractivity contribution in [3.63, 3.8) is 0 Å². The Balaban J connectivity index is 1.98. The Hall–Kier alpha value is -1.26. The van der Waals surface area contributed by atoms with Crippen LogP contribution in [0.3, 0.4) is 0 Å². The topological polar surface area (TPSA) is 29.0 Å². The highest BCUT2D eigenvalue weighted by atomic mass is 32.1. The summed E-state index contributed by atoms with van der Waals surface area (Å²) >= 11 is 1.70. The van der Waals surface area contributed by atoms with E-state index in [0.717, 1.165) is 29.5 Å². The Morgan fingerprint density at radius 2 is 2.12 bits per heavy atom. The predicted molar refractivity (Wildman–Crippen MR) is 71.0 cm³/mol. The zero-order valence-corrected chi connectivity index (χ0v) is 11.3. The number of pyridine rings is 1. The van der Waals surface area contributed by atoms with Gasteiger partial charge in [-0.3, -0.25) is 9.88 Å². The molecule has 0 bridgehead atoms. The van der Waals surface area contributed by atoms with Crippen LogP contribution in [0.25, 0.3) is 0 Å². The summed E-state index contributed by atoms with van der Waals surface area (Å²) in [4.78, 5) is 11.1. The van der Waals surface area contributed by atoms with Crippen molar-refractivity contribution in [2.75, 3.05) is 7.05 Å². The van der Waals surface area contributed by atoms with Crippen molar-refractivity contribution in [1.29, 1.82) is 0 Å². The van der Waals surface area contributed by atoms with Crippen molar-refractivity contribution < 1.29 is 0 Å². The molecule has 0 aliphatic heterocycles. The van der Waals surface area contributed by atoms with Crippen molar-refractivity contribution in [2.45, 2.75) is 26.9 Å². The molecule has 0 atom stereocenters. The summed E-state index contributed by atoms with van der Waals surface area (Å²) in [6, 6.07) is 4.08. The van der Waals surface area contributed by atoms with E-state index in [-0.39, 0.29) is 0 Å². The minimum Gasteiger partial charge on any atom is -0.295 e. The minimum atomic E-state index is 0.864. The molecule has 2 heterocycles. The Morgan fingerprint density at radius 3 is 2.76 bits per heavy atom. The zero-order valence-electron chi connectivity index (χ0n) is 10.5. The lowest BCUT2D eigenvalue weighted by molar-refractivity contribution is 0.311. The molecule has 90 valence electrons. The lowest BCUT2D eigenvalue weighted by Crippen LogP contribution is -2.18. The molecule has 0 aromatic carbocycles. The molecule has 2 aromatic rings. The molecular weight excluding hydrogens is 230 g/mol. The highest BCUT2D eigenvalue weighted by Crippen LogP contribution is 2.12. The minimum absolute atomic E-state index is 0.864. The standard InChI is InChI=1S/C13H17N3S/c1-10-5-4-6-14-13(10)8-16(3)7-12-9-17-11(2)15-12/h4-6,9H,7-8H2,1-3H3. The molecule has 3 nitrogen and oxygen atoms in total. The summed E-state index contributed by atoms with van der Waals surface area (Å²) in [5.74, 6) is 0. The number of hydrogen-bond acceptors (Lipinski definition) is 4. The van der Waals surface area contributed by atoms with E-state index in [2.05, 4.69) is 40.3 Å². The van der Waals surface area contributed by atoms with E-state index in [1.54, 1.807) is 11.3 Å². The molecule has 0 aliphatic carbocycles. The number of nitrogens with zero attached hydrogens (tertiary/aromatic N) is 3. The molecule has 2 aromatic heterocycles. The summed E-state index contributed by atoms with van der Waals surface area (Å²) < 4.78 is 0. The first-order chi connectivity index (χ1) is 8.15. The van der Waals surface area contributed by atoms with Crippen LogP contribution < -0.4 is 0 Å². The third kappa shape index (κ3) is 3.35. The molecular formula is C13H17N3S. The van der Waals surface area contributed by atoms with Crippen molar-refractivity contribution in [2.24, 2.45) is 0 Å². The SMILES string of the molecule is Cc1nc(CN(C)Cc2ncccc2C)cs1. The zero-order chi connectivity index (χ0) is 12.3. The molecule has 4 heteroatoms. The van der Waals surface area contributed by atoms with Crippen LogP contribution in [0.1, 0.15) is 22.0 Å². The molecule has 0 saturated carbocycles. The maximum absolute atomic E-state index is 4.47. The Labute approximate surface area is 106 Å². The second-order valence-electron chi connectivity index (χ2n) is 4.30. The van der Waals surface area contributed by atoms with E-state index in [1.807, 2.05) is 19.2 Å². The van der Waals surface area contributed by atoms with Crippen molar-refractivity contribution >= 4 is 11.3 Å². The Morgan fingerprint density at radius 1 is 1.29 bits per heavy atom. The Kier molecular flexibility index (Phi) is 3.86. The van der Waals surface area contributed by atoms with Crippen molar-refractivity contribution in [1.82, 2.24) is 14.9 Å². The van der Waals surface area contributed by atoms with Gasteiger partial charge >= 0.3 is 0 Å². The van der Waals surface area contributed by atoms with Gasteiger partial charge in [0.05, 0.1) is 16.4 Å². The summed E-state index contributed by atoms with van der Waals surface area (Å²) in [6.45, 7) is 5.88. The monoisotopic (exact) mass is 247 g/mol. The van der Waals surface area contributed by atoms with E-state index < -0.39 is 0 Å². The Bertz CT molecular complexity index is 493. The number of rotatable bonds is 4. The molecule has 0 aliphatic rings. The van der Waals surface area contributed by atoms with Crippen LogP contribution in [-0.2, 0) is 13.1 Å². The molecule has 0 radical (unpaired) electrons. The van der Waals surface area contributed by atoms with Gasteiger partial charge in [0.2, 0.25) is 0 Å². The highest BCUT2D eigenvalue weighted by molar-refractivity contribution is 7.09. The van der Waals surface area contributed by atoms with Gasteiger partial charge in [0, 0.05) is 24.7 Å². The van der Waals surface area contributed by atoms with E-state index in [1.165, 1.54) is 5.56 Å². The quantitative estimate of drug-likeness (QED) is 0.832. The third-order valence-electron chi connectivity index (χ3n) is 2.64. The van der Waals surface area contributed by atoms with Crippen LogP contribution in [0.15, 0.2) is 23.7 Å². The summed E-state index contributed by atoms with van der Waals surface area (Å²) in [5, 5.41) is 3.25. The van der Waals surface area contributed by atoms with Crippen molar-refractivity contribution in [3.8, 4) is 0 Å². The number of aryl methyl sites for hydroxylation is 2. The summed E-state index contributed by atoms with van der Waals surface area (Å²) in [5.41, 5.74) is 3.53. The van der Waals surface area contributed by atoms with Gasteiger partial charge in [-0.15, -0.1) is 11.3 Å². The first-order valence-electron chi connectivity index (χ1n) is 5.65. The average molecular weight is 247 g/mol. The lowest BCUT2D eigenvalue weighted by Gasteiger charge is -2.15. The fraction of sp³-hybridized carbons (Fsp3) is 0.385. The van der Waals surface area contributed by atoms with E-state index in [4.69, 9.17) is 0 Å². The molecule has 0 unspecified atom stereocenters. The van der Waals surface area contributed by atoms with Crippen LogP contribution in [0.4, 0.5) is 0 Å². The third-order valence-corrected chi connectivity index (χ3v) is 3.46. The van der Waals surface area contributed by atoms with Gasteiger partial charge < -0.3 is 0 Å². The highest BCUT2D eigenvalue weighted by Gasteiger charge is 2.06. The van der Waals surface area contributed by atoms with Gasteiger partial charge in [0.1, 0.15) is 0 Å². The summed E-state index contributed by atoms with van der Waals surface area (Å²) in [6.07, 6.45) is 1.85. The van der Waals surface area contributed by atoms with Gasteiger partial charge in [-0.25, -0.2) is 4.98 Å². The second-order valence-corrected chi connectivity index (χ2v) is 5.36. The molecule has 2 rings (SSSR count). The van der Waals surface area contributed by atoms with Crippen LogP contribution in [-0.4, -0.2) is 21.9 Å². The van der Waals surface area contributed by atoms with Crippen LogP contribution in [0.2, 0.25) is 0 Å². The van der Waals surface area contributed by atoms with Gasteiger partial charge in [-0.05, 0) is 32.5 Å². The number of aromatic nitrogens is 2. The van der Waals surface area contributed by atoms with E-state index >= 15 is 0 Å². The summed E-state index contributed by atoms with van der Waals surface area (Å²) in [7, 11) is 2.10. The molecule has 0 N–H and O–H groups in total. The maximum atomic E-state index is 4.47. The molecule has 0 amide bonds. The lowest BCUT2D eigenvalue weighted by atomic mass is 10.2. The molecule has 0 saturated heterocycles. The van der Waals surface area contributed by atoms with Gasteiger partial charge in [0.15, 0.2) is 0 Å². The van der Waals surface area contributed by atoms with Crippen molar-refractivity contribution in [3.05, 3.63) is 45.7 Å². The largest absolute Gasteiger partial charge is 0.295 e. The van der Waals surface area contributed by atoms with Gasteiger partial charge in [-0.1, -0.05) is 6.07 Å². The van der Waals surface area contributed by atoms with Gasteiger partial charge in [0.25, 0.3) is 0 Å². The molecule has 17 heavy (non-hydrogen) atoms. The number of thiazole rings is 1. The molecule has 0 fully saturated rings. The fourth-order valence-corrected chi connectivity index (χ4v) is 2.36. The van der Waals surface area contributed by atoms with E-state index in [9.17, 15) is 0 Å². The first kappa shape index (κ1) is 12.2. The predicted octanol–water partition coefficient (Wildman–Crippen LogP) is 2.79. The van der Waals surface area contributed by atoms with Crippen LogP contribution in [0, 0.1) is 13.8 Å². The van der Waals surface area contributed by atoms with E-state index in [0.29, 0.717) is 0 Å². The van der Waals surface area contributed by atoms with Crippen LogP contribution in [0.5, 0.6) is 0 Å². The fourth-order valence-electron chi connectivity index (χ4n) is 1.75. The number of hydrogen-bond donors (Lipinski definition) is 0. The normalized spacial score (nSPS) is 11.1. The van der Waals surface area contributed by atoms with Crippen LogP contribution >= 0.6 is 11.3 Å². The van der Waals surface area contributed by atoms with Gasteiger partial charge in [-0.2, -0.15) is 0 Å². The maximum Gasteiger partial charge on any atom is 0.0897 e.